The highest BCUT2D eigenvalue weighted by molar-refractivity contribution is 5.50. The fraction of sp³-hybridized carbons (Fsp3) is 0.308. The summed E-state index contributed by atoms with van der Waals surface area (Å²) in [5, 5.41) is 0. The molecule has 1 nitrogen and oxygen atoms in total. The highest BCUT2D eigenvalue weighted by atomic mass is 16.1. The molecule has 1 aromatic carbocycles. The van der Waals surface area contributed by atoms with Crippen molar-refractivity contribution in [1.82, 2.24) is 0 Å². The highest BCUT2D eigenvalue weighted by Gasteiger charge is 2.04. The van der Waals surface area contributed by atoms with Crippen LogP contribution in [-0.2, 0) is 11.2 Å². The predicted octanol–water partition coefficient (Wildman–Crippen LogP) is 3.01. The van der Waals surface area contributed by atoms with Crippen LogP contribution < -0.4 is 0 Å². The van der Waals surface area contributed by atoms with Gasteiger partial charge in [-0.3, -0.25) is 0 Å². The van der Waals surface area contributed by atoms with Gasteiger partial charge in [-0.2, -0.15) is 0 Å². The van der Waals surface area contributed by atoms with E-state index in [1.54, 1.807) is 0 Å². The Labute approximate surface area is 85.5 Å². The molecule has 0 heterocycles. The Hall–Kier alpha value is -1.37. The number of rotatable bonds is 5. The highest BCUT2D eigenvalue weighted by Crippen LogP contribution is 2.12. The van der Waals surface area contributed by atoms with E-state index in [1.165, 1.54) is 5.56 Å². The molecule has 0 aromatic heterocycles. The van der Waals surface area contributed by atoms with E-state index >= 15 is 0 Å². The third kappa shape index (κ3) is 3.56. The first-order valence-corrected chi connectivity index (χ1v) is 4.97. The van der Waals surface area contributed by atoms with Gasteiger partial charge >= 0.3 is 0 Å². The van der Waals surface area contributed by atoms with Crippen molar-refractivity contribution in [3.05, 3.63) is 48.0 Å². The second-order valence-corrected chi connectivity index (χ2v) is 3.38. The van der Waals surface area contributed by atoms with Crippen molar-refractivity contribution in [3.63, 3.8) is 0 Å². The number of hydrogen-bond donors (Lipinski definition) is 0. The number of hydrogen-bond acceptors (Lipinski definition) is 1. The van der Waals surface area contributed by atoms with Crippen molar-refractivity contribution in [2.45, 2.75) is 19.8 Å². The molecule has 0 spiro atoms. The maximum atomic E-state index is 10.4. The molecule has 0 radical (unpaired) electrons. The van der Waals surface area contributed by atoms with Crippen LogP contribution in [0.5, 0.6) is 0 Å². The Morgan fingerprint density at radius 2 is 2.00 bits per heavy atom. The van der Waals surface area contributed by atoms with E-state index in [2.05, 4.69) is 18.2 Å². The maximum Gasteiger partial charge on any atom is 0.120 e. The van der Waals surface area contributed by atoms with Crippen LogP contribution in [0.2, 0.25) is 0 Å². The average molecular weight is 188 g/mol. The van der Waals surface area contributed by atoms with E-state index in [0.29, 0.717) is 12.3 Å². The quantitative estimate of drug-likeness (QED) is 0.513. The fourth-order valence-corrected chi connectivity index (χ4v) is 1.54. The van der Waals surface area contributed by atoms with E-state index in [0.717, 1.165) is 12.7 Å². The van der Waals surface area contributed by atoms with E-state index in [4.69, 9.17) is 0 Å². The first-order valence-electron chi connectivity index (χ1n) is 4.97. The number of carbonyl (C=O) groups excluding carboxylic acids is 1. The molecule has 1 unspecified atom stereocenters. The van der Waals surface area contributed by atoms with Crippen molar-refractivity contribution in [2.24, 2.45) is 5.92 Å². The monoisotopic (exact) mass is 188 g/mol. The van der Waals surface area contributed by atoms with Gasteiger partial charge in [0.25, 0.3) is 0 Å². The summed E-state index contributed by atoms with van der Waals surface area (Å²) in [6.07, 6.45) is 6.66. The topological polar surface area (TPSA) is 17.1 Å². The van der Waals surface area contributed by atoms with Crippen LogP contribution in [0, 0.1) is 5.92 Å². The van der Waals surface area contributed by atoms with Crippen molar-refractivity contribution < 1.29 is 4.79 Å². The number of carbonyl (C=O) groups is 1. The minimum absolute atomic E-state index is 0.347. The zero-order valence-electron chi connectivity index (χ0n) is 8.52. The lowest BCUT2D eigenvalue weighted by atomic mass is 9.96. The Balaban J connectivity index is 2.59. The van der Waals surface area contributed by atoms with Crippen LogP contribution in [0.25, 0.3) is 0 Å². The maximum absolute atomic E-state index is 10.4. The van der Waals surface area contributed by atoms with Crippen LogP contribution in [-0.4, -0.2) is 6.29 Å². The molecule has 0 N–H and O–H groups in total. The number of aldehydes is 1. The van der Waals surface area contributed by atoms with E-state index < -0.39 is 0 Å². The summed E-state index contributed by atoms with van der Waals surface area (Å²) in [5.41, 5.74) is 1.29. The Morgan fingerprint density at radius 1 is 1.29 bits per heavy atom. The van der Waals surface area contributed by atoms with Crippen LogP contribution in [0.3, 0.4) is 0 Å². The molecule has 0 amide bonds. The van der Waals surface area contributed by atoms with Gasteiger partial charge in [-0.15, -0.1) is 0 Å². The van der Waals surface area contributed by atoms with Gasteiger partial charge in [-0.05, 0) is 24.8 Å². The third-order valence-electron chi connectivity index (χ3n) is 2.20. The van der Waals surface area contributed by atoms with Crippen molar-refractivity contribution in [3.8, 4) is 0 Å². The van der Waals surface area contributed by atoms with Crippen LogP contribution >= 0.6 is 0 Å². The van der Waals surface area contributed by atoms with Crippen molar-refractivity contribution in [1.29, 1.82) is 0 Å². The number of benzene rings is 1. The van der Waals surface area contributed by atoms with E-state index in [9.17, 15) is 4.79 Å². The smallest absolute Gasteiger partial charge is 0.120 e. The van der Waals surface area contributed by atoms with Crippen LogP contribution in [0.4, 0.5) is 0 Å². The summed E-state index contributed by atoms with van der Waals surface area (Å²) >= 11 is 0. The molecule has 1 aromatic rings. The average Bonchev–Trinajstić information content (AvgIpc) is 2.20. The van der Waals surface area contributed by atoms with Gasteiger partial charge in [-0.1, -0.05) is 42.5 Å². The minimum atomic E-state index is 0.347. The Morgan fingerprint density at radius 3 is 2.57 bits per heavy atom. The molecule has 0 aliphatic carbocycles. The first-order chi connectivity index (χ1) is 6.86. The van der Waals surface area contributed by atoms with Gasteiger partial charge in [0.1, 0.15) is 6.29 Å². The molecular weight excluding hydrogens is 172 g/mol. The predicted molar refractivity (Wildman–Crippen MR) is 59.1 cm³/mol. The molecule has 0 aliphatic rings. The molecule has 0 bridgehead atoms. The van der Waals surface area contributed by atoms with E-state index in [1.807, 2.05) is 31.2 Å². The van der Waals surface area contributed by atoms with Gasteiger partial charge in [-0.25, -0.2) is 0 Å². The molecular formula is C13H16O. The molecule has 0 saturated heterocycles. The molecule has 14 heavy (non-hydrogen) atoms. The molecule has 0 aliphatic heterocycles. The summed E-state index contributed by atoms with van der Waals surface area (Å²) in [6.45, 7) is 1.99. The molecule has 74 valence electrons. The normalized spacial score (nSPS) is 12.9. The molecule has 1 heteroatoms. The zero-order chi connectivity index (χ0) is 10.2. The minimum Gasteiger partial charge on any atom is -0.303 e. The lowest BCUT2D eigenvalue weighted by Gasteiger charge is -2.08. The van der Waals surface area contributed by atoms with Crippen LogP contribution in [0.1, 0.15) is 18.9 Å². The number of allylic oxidation sites excluding steroid dienone is 2. The lowest BCUT2D eigenvalue weighted by molar-refractivity contribution is -0.108. The SMILES string of the molecule is C/C=C/C(CC=O)Cc1ccccc1. The van der Waals surface area contributed by atoms with Gasteiger partial charge in [0, 0.05) is 6.42 Å². The zero-order valence-corrected chi connectivity index (χ0v) is 8.52. The summed E-state index contributed by atoms with van der Waals surface area (Å²) < 4.78 is 0. The van der Waals surface area contributed by atoms with E-state index in [-0.39, 0.29) is 0 Å². The molecule has 0 saturated carbocycles. The van der Waals surface area contributed by atoms with Gasteiger partial charge in [0.05, 0.1) is 0 Å². The molecule has 1 atom stereocenters. The third-order valence-corrected chi connectivity index (χ3v) is 2.20. The first kappa shape index (κ1) is 10.7. The second-order valence-electron chi connectivity index (χ2n) is 3.38. The standard InChI is InChI=1S/C13H16O/c1-2-6-12(9-10-14)11-13-7-4-3-5-8-13/h2-8,10,12H,9,11H2,1H3/b6-2+. The Kier molecular flexibility index (Phi) is 4.70. The second kappa shape index (κ2) is 6.14. The fourth-order valence-electron chi connectivity index (χ4n) is 1.54. The summed E-state index contributed by atoms with van der Waals surface area (Å²) in [7, 11) is 0. The summed E-state index contributed by atoms with van der Waals surface area (Å²) in [5.74, 6) is 0.347. The van der Waals surface area contributed by atoms with Gasteiger partial charge < -0.3 is 4.79 Å². The largest absolute Gasteiger partial charge is 0.303 e. The summed E-state index contributed by atoms with van der Waals surface area (Å²) in [4.78, 5) is 10.4. The van der Waals surface area contributed by atoms with Gasteiger partial charge in [0.15, 0.2) is 0 Å². The van der Waals surface area contributed by atoms with Crippen molar-refractivity contribution >= 4 is 6.29 Å². The van der Waals surface area contributed by atoms with Gasteiger partial charge in [0.2, 0.25) is 0 Å². The molecule has 1 rings (SSSR count). The lowest BCUT2D eigenvalue weighted by Crippen LogP contribution is -2.01. The summed E-state index contributed by atoms with van der Waals surface area (Å²) in [6, 6.07) is 10.3. The van der Waals surface area contributed by atoms with Crippen LogP contribution in [0.15, 0.2) is 42.5 Å². The Bertz CT molecular complexity index is 287. The molecule has 0 fully saturated rings. The van der Waals surface area contributed by atoms with Crippen molar-refractivity contribution in [2.75, 3.05) is 0 Å².